The first-order valence-electron chi connectivity index (χ1n) is 8.93. The molecule has 0 fully saturated rings. The summed E-state index contributed by atoms with van der Waals surface area (Å²) in [7, 11) is 0. The first-order chi connectivity index (χ1) is 13.5. The van der Waals surface area contributed by atoms with Gasteiger partial charge in [0.1, 0.15) is 11.3 Å². The number of aromatic nitrogens is 3. The Kier molecular flexibility index (Phi) is 6.70. The highest BCUT2D eigenvalue weighted by Crippen LogP contribution is 2.22. The van der Waals surface area contributed by atoms with Gasteiger partial charge in [-0.05, 0) is 38.5 Å². The number of hydrogen-bond donors (Lipinski definition) is 1. The van der Waals surface area contributed by atoms with Gasteiger partial charge in [-0.2, -0.15) is 5.10 Å². The molecule has 0 saturated heterocycles. The van der Waals surface area contributed by atoms with Crippen molar-refractivity contribution in [3.63, 3.8) is 0 Å². The van der Waals surface area contributed by atoms with E-state index in [4.69, 9.17) is 9.15 Å². The van der Waals surface area contributed by atoms with Gasteiger partial charge >= 0.3 is 5.97 Å². The molecule has 148 valence electrons. The number of oxazole rings is 1. The number of rotatable bonds is 9. The van der Waals surface area contributed by atoms with Crippen LogP contribution in [0.4, 0.5) is 0 Å². The van der Waals surface area contributed by atoms with E-state index in [1.165, 1.54) is 0 Å². The standard InChI is InChI=1S/C19H22N4O4S/c1-13-10-14(2)23(22-13)9-5-8-20-17(24)11-26-18(25)12-28-19-21-15-6-3-4-7-16(15)27-19/h3-4,6-7,10H,5,8-9,11-12H2,1-2H3,(H,20,24). The van der Waals surface area contributed by atoms with E-state index in [9.17, 15) is 9.59 Å². The van der Waals surface area contributed by atoms with Crippen LogP contribution in [0.3, 0.4) is 0 Å². The fourth-order valence-corrected chi connectivity index (χ4v) is 3.27. The molecular formula is C19H22N4O4S. The molecule has 0 bridgehead atoms. The maximum Gasteiger partial charge on any atom is 0.316 e. The predicted octanol–water partition coefficient (Wildman–Crippen LogP) is 2.48. The van der Waals surface area contributed by atoms with Gasteiger partial charge in [0, 0.05) is 18.8 Å². The number of carbonyl (C=O) groups excluding carboxylic acids is 2. The molecule has 1 amide bonds. The highest BCUT2D eigenvalue weighted by atomic mass is 32.2. The lowest BCUT2D eigenvalue weighted by atomic mass is 10.3. The van der Waals surface area contributed by atoms with Crippen LogP contribution in [0.15, 0.2) is 40.0 Å². The Labute approximate surface area is 166 Å². The summed E-state index contributed by atoms with van der Waals surface area (Å²) in [4.78, 5) is 27.8. The second-order valence-electron chi connectivity index (χ2n) is 6.25. The summed E-state index contributed by atoms with van der Waals surface area (Å²) in [5.74, 6) is -0.795. The summed E-state index contributed by atoms with van der Waals surface area (Å²) >= 11 is 1.13. The molecule has 0 spiro atoms. The van der Waals surface area contributed by atoms with Gasteiger partial charge in [-0.25, -0.2) is 4.98 Å². The lowest BCUT2D eigenvalue weighted by Gasteiger charge is -2.07. The minimum Gasteiger partial charge on any atom is -0.455 e. The minimum atomic E-state index is -0.495. The van der Waals surface area contributed by atoms with E-state index in [0.717, 1.165) is 41.6 Å². The lowest BCUT2D eigenvalue weighted by Crippen LogP contribution is -2.30. The lowest BCUT2D eigenvalue weighted by molar-refractivity contribution is -0.145. The summed E-state index contributed by atoms with van der Waals surface area (Å²) in [6.45, 7) is 4.86. The maximum absolute atomic E-state index is 11.8. The molecule has 8 nitrogen and oxygen atoms in total. The Balaban J connectivity index is 1.30. The number of benzene rings is 1. The fourth-order valence-electron chi connectivity index (χ4n) is 2.63. The Bertz CT molecular complexity index is 933. The van der Waals surface area contributed by atoms with Crippen LogP contribution in [0.1, 0.15) is 17.8 Å². The van der Waals surface area contributed by atoms with E-state index in [-0.39, 0.29) is 18.3 Å². The van der Waals surface area contributed by atoms with Crippen molar-refractivity contribution in [1.29, 1.82) is 0 Å². The molecule has 0 aliphatic heterocycles. The van der Waals surface area contributed by atoms with Crippen LogP contribution in [0.2, 0.25) is 0 Å². The van der Waals surface area contributed by atoms with E-state index in [1.54, 1.807) is 0 Å². The predicted molar refractivity (Wildman–Crippen MR) is 105 cm³/mol. The molecule has 1 aromatic carbocycles. The molecule has 2 aromatic heterocycles. The highest BCUT2D eigenvalue weighted by Gasteiger charge is 2.11. The normalized spacial score (nSPS) is 10.9. The number of aryl methyl sites for hydroxylation is 3. The second kappa shape index (κ2) is 9.41. The van der Waals surface area contributed by atoms with Crippen molar-refractivity contribution in [2.75, 3.05) is 18.9 Å². The Morgan fingerprint density at radius 1 is 1.29 bits per heavy atom. The zero-order chi connectivity index (χ0) is 19.9. The van der Waals surface area contributed by atoms with Gasteiger partial charge in [0.05, 0.1) is 5.69 Å². The minimum absolute atomic E-state index is 0.0258. The summed E-state index contributed by atoms with van der Waals surface area (Å²) in [5.41, 5.74) is 3.47. The number of nitrogens with zero attached hydrogens (tertiary/aromatic N) is 3. The number of esters is 1. The van der Waals surface area contributed by atoms with Gasteiger partial charge < -0.3 is 14.5 Å². The molecule has 0 atom stereocenters. The fraction of sp³-hybridized carbons (Fsp3) is 0.368. The number of fused-ring (bicyclic) bond motifs is 1. The smallest absolute Gasteiger partial charge is 0.316 e. The van der Waals surface area contributed by atoms with Crippen LogP contribution in [0, 0.1) is 13.8 Å². The van der Waals surface area contributed by atoms with Gasteiger partial charge in [-0.1, -0.05) is 23.9 Å². The summed E-state index contributed by atoms with van der Waals surface area (Å²) in [6, 6.07) is 9.37. The van der Waals surface area contributed by atoms with Crippen LogP contribution >= 0.6 is 11.8 Å². The van der Waals surface area contributed by atoms with Crippen molar-refractivity contribution in [2.45, 2.75) is 32.0 Å². The molecule has 9 heteroatoms. The van der Waals surface area contributed by atoms with Crippen molar-refractivity contribution in [3.05, 3.63) is 41.7 Å². The first-order valence-corrected chi connectivity index (χ1v) is 9.91. The number of hydrogen-bond acceptors (Lipinski definition) is 7. The van der Waals surface area contributed by atoms with Crippen molar-refractivity contribution < 1.29 is 18.7 Å². The Morgan fingerprint density at radius 3 is 2.86 bits per heavy atom. The van der Waals surface area contributed by atoms with E-state index in [2.05, 4.69) is 15.4 Å². The molecule has 0 aliphatic carbocycles. The second-order valence-corrected chi connectivity index (χ2v) is 7.18. The molecule has 1 N–H and O–H groups in total. The third-order valence-electron chi connectivity index (χ3n) is 3.92. The molecule has 0 radical (unpaired) electrons. The number of carbonyl (C=O) groups is 2. The van der Waals surface area contributed by atoms with Crippen LogP contribution in [0.5, 0.6) is 0 Å². The molecule has 0 unspecified atom stereocenters. The zero-order valence-corrected chi connectivity index (χ0v) is 16.6. The van der Waals surface area contributed by atoms with E-state index >= 15 is 0 Å². The van der Waals surface area contributed by atoms with E-state index in [0.29, 0.717) is 17.4 Å². The van der Waals surface area contributed by atoms with Gasteiger partial charge in [0.2, 0.25) is 0 Å². The molecule has 3 aromatic rings. The molecule has 28 heavy (non-hydrogen) atoms. The number of nitrogens with one attached hydrogen (secondary N) is 1. The van der Waals surface area contributed by atoms with Gasteiger partial charge in [0.25, 0.3) is 11.1 Å². The van der Waals surface area contributed by atoms with Crippen molar-refractivity contribution in [3.8, 4) is 0 Å². The van der Waals surface area contributed by atoms with E-state index in [1.807, 2.05) is 48.9 Å². The quantitative estimate of drug-likeness (QED) is 0.333. The molecule has 2 heterocycles. The average molecular weight is 402 g/mol. The first kappa shape index (κ1) is 19.9. The summed E-state index contributed by atoms with van der Waals surface area (Å²) in [5, 5.41) is 7.49. The largest absolute Gasteiger partial charge is 0.455 e. The van der Waals surface area contributed by atoms with Crippen molar-refractivity contribution in [1.82, 2.24) is 20.1 Å². The number of amides is 1. The SMILES string of the molecule is Cc1cc(C)n(CCCNC(=O)COC(=O)CSc2nc3ccccc3o2)n1. The topological polar surface area (TPSA) is 99.2 Å². The third kappa shape index (κ3) is 5.59. The van der Waals surface area contributed by atoms with Gasteiger partial charge in [-0.3, -0.25) is 14.3 Å². The monoisotopic (exact) mass is 402 g/mol. The van der Waals surface area contributed by atoms with Crippen LogP contribution in [0.25, 0.3) is 11.1 Å². The van der Waals surface area contributed by atoms with Crippen LogP contribution < -0.4 is 5.32 Å². The molecular weight excluding hydrogens is 380 g/mol. The molecule has 3 rings (SSSR count). The Hall–Kier alpha value is -2.81. The number of thioether (sulfide) groups is 1. The summed E-state index contributed by atoms with van der Waals surface area (Å²) in [6.07, 6.45) is 0.745. The van der Waals surface area contributed by atoms with Gasteiger partial charge in [-0.15, -0.1) is 0 Å². The number of ether oxygens (including phenoxy) is 1. The highest BCUT2D eigenvalue weighted by molar-refractivity contribution is 7.99. The molecule has 0 aliphatic rings. The van der Waals surface area contributed by atoms with Crippen molar-refractivity contribution in [2.24, 2.45) is 0 Å². The molecule has 0 saturated carbocycles. The average Bonchev–Trinajstić information content (AvgIpc) is 3.23. The van der Waals surface area contributed by atoms with E-state index < -0.39 is 5.97 Å². The third-order valence-corrected chi connectivity index (χ3v) is 4.73. The van der Waals surface area contributed by atoms with Crippen molar-refractivity contribution >= 4 is 34.7 Å². The Morgan fingerprint density at radius 2 is 2.11 bits per heavy atom. The number of para-hydroxylation sites is 2. The van der Waals surface area contributed by atoms with Crippen LogP contribution in [-0.4, -0.2) is 45.5 Å². The van der Waals surface area contributed by atoms with Gasteiger partial charge in [0.15, 0.2) is 12.2 Å². The zero-order valence-electron chi connectivity index (χ0n) is 15.8. The maximum atomic E-state index is 11.8. The summed E-state index contributed by atoms with van der Waals surface area (Å²) < 4.78 is 12.4. The van der Waals surface area contributed by atoms with Crippen LogP contribution in [-0.2, 0) is 20.9 Å².